The van der Waals surface area contributed by atoms with Gasteiger partial charge >= 0.3 is 11.9 Å². The van der Waals surface area contributed by atoms with E-state index < -0.39 is 11.9 Å². The molecule has 0 aliphatic carbocycles. The molecule has 0 amide bonds. The fourth-order valence-electron chi connectivity index (χ4n) is 2.92. The Morgan fingerprint density at radius 1 is 1.04 bits per heavy atom. The van der Waals surface area contributed by atoms with E-state index >= 15 is 0 Å². The first-order valence-electron chi connectivity index (χ1n) is 8.33. The van der Waals surface area contributed by atoms with E-state index in [1.54, 1.807) is 48.5 Å². The summed E-state index contributed by atoms with van der Waals surface area (Å²) in [7, 11) is 0. The van der Waals surface area contributed by atoms with Crippen molar-refractivity contribution in [2.45, 2.75) is 13.1 Å². The molecule has 1 heterocycles. The van der Waals surface area contributed by atoms with Gasteiger partial charge in [-0.3, -0.25) is 0 Å². The molecule has 0 aliphatic heterocycles. The van der Waals surface area contributed by atoms with Crippen molar-refractivity contribution < 1.29 is 24.4 Å². The van der Waals surface area contributed by atoms with Gasteiger partial charge in [0.2, 0.25) is 6.33 Å². The summed E-state index contributed by atoms with van der Waals surface area (Å²) in [4.78, 5) is 22.4. The lowest BCUT2D eigenvalue weighted by Gasteiger charge is -2.10. The third-order valence-electron chi connectivity index (χ3n) is 4.23. The number of carbonyl (C=O) groups is 2. The second-order valence-electron chi connectivity index (χ2n) is 6.13. The van der Waals surface area contributed by atoms with Crippen molar-refractivity contribution >= 4 is 11.9 Å². The van der Waals surface area contributed by atoms with Gasteiger partial charge in [0.25, 0.3) is 0 Å². The number of hydrogen-bond donors (Lipinski definition) is 2. The average molecular weight is 363 g/mol. The predicted molar refractivity (Wildman–Crippen MR) is 99.7 cm³/mol. The van der Waals surface area contributed by atoms with E-state index in [1.807, 2.05) is 27.9 Å². The van der Waals surface area contributed by atoms with Crippen LogP contribution in [0.5, 0.6) is 0 Å². The highest BCUT2D eigenvalue weighted by molar-refractivity contribution is 5.90. The van der Waals surface area contributed by atoms with Crippen molar-refractivity contribution in [2.75, 3.05) is 0 Å². The summed E-state index contributed by atoms with van der Waals surface area (Å²) in [6.45, 7) is 4.89. The summed E-state index contributed by atoms with van der Waals surface area (Å²) in [6, 6.07) is 11.5. The highest BCUT2D eigenvalue weighted by Gasteiger charge is 2.14. The van der Waals surface area contributed by atoms with Crippen LogP contribution >= 0.6 is 0 Å². The molecule has 2 aromatic carbocycles. The molecule has 0 fully saturated rings. The van der Waals surface area contributed by atoms with E-state index in [0.717, 1.165) is 16.7 Å². The number of nitrogens with zero attached hydrogens (tertiary/aromatic N) is 2. The number of carboxylic acid groups (broad SMARTS) is 2. The number of carboxylic acids is 2. The zero-order valence-electron chi connectivity index (χ0n) is 14.6. The largest absolute Gasteiger partial charge is 0.478 e. The van der Waals surface area contributed by atoms with Crippen LogP contribution in [0.1, 0.15) is 26.3 Å². The number of aromatic carboxylic acids is 2. The van der Waals surface area contributed by atoms with Crippen molar-refractivity contribution in [1.82, 2.24) is 4.57 Å². The molecule has 1 aromatic heterocycles. The normalized spacial score (nSPS) is 10.5. The second-order valence-corrected chi connectivity index (χ2v) is 6.13. The third-order valence-corrected chi connectivity index (χ3v) is 4.23. The lowest BCUT2D eigenvalue weighted by atomic mass is 9.96. The van der Waals surface area contributed by atoms with E-state index in [4.69, 9.17) is 5.11 Å². The molecule has 136 valence electrons. The molecule has 6 heteroatoms. The highest BCUT2D eigenvalue weighted by atomic mass is 16.4. The molecular weight excluding hydrogens is 344 g/mol. The maximum Gasteiger partial charge on any atom is 0.335 e. The molecule has 0 aliphatic rings. The van der Waals surface area contributed by atoms with E-state index in [1.165, 1.54) is 0 Å². The summed E-state index contributed by atoms with van der Waals surface area (Å²) < 4.78 is 3.93. The van der Waals surface area contributed by atoms with Crippen LogP contribution in [-0.4, -0.2) is 26.7 Å². The smallest absolute Gasteiger partial charge is 0.335 e. The molecule has 27 heavy (non-hydrogen) atoms. The Morgan fingerprint density at radius 2 is 1.70 bits per heavy atom. The van der Waals surface area contributed by atoms with Crippen molar-refractivity contribution in [1.29, 1.82) is 0 Å². The summed E-state index contributed by atoms with van der Waals surface area (Å²) in [5.41, 5.74) is 2.94. The van der Waals surface area contributed by atoms with Crippen molar-refractivity contribution in [2.24, 2.45) is 0 Å². The van der Waals surface area contributed by atoms with Gasteiger partial charge in [-0.05, 0) is 35.4 Å². The Bertz CT molecular complexity index is 1000. The molecule has 3 aromatic rings. The molecule has 6 nitrogen and oxygen atoms in total. The molecule has 3 rings (SSSR count). The predicted octanol–water partition coefficient (Wildman–Crippen LogP) is 3.07. The molecule has 0 spiro atoms. The number of allylic oxidation sites excluding steroid dienone is 1. The summed E-state index contributed by atoms with van der Waals surface area (Å²) in [6.07, 6.45) is 7.55. The fourth-order valence-corrected chi connectivity index (χ4v) is 2.92. The molecule has 2 N–H and O–H groups in total. The second kappa shape index (κ2) is 7.70. The highest BCUT2D eigenvalue weighted by Crippen LogP contribution is 2.25. The van der Waals surface area contributed by atoms with E-state index in [9.17, 15) is 14.7 Å². The Kier molecular flexibility index (Phi) is 5.17. The van der Waals surface area contributed by atoms with Gasteiger partial charge in [0.15, 0.2) is 0 Å². The first kappa shape index (κ1) is 18.1. The maximum absolute atomic E-state index is 11.4. The van der Waals surface area contributed by atoms with Crippen molar-refractivity contribution in [3.05, 3.63) is 90.5 Å². The van der Waals surface area contributed by atoms with E-state index in [-0.39, 0.29) is 11.1 Å². The van der Waals surface area contributed by atoms with Crippen LogP contribution < -0.4 is 4.57 Å². The molecule has 0 saturated carbocycles. The fraction of sp³-hybridized carbons (Fsp3) is 0.0952. The average Bonchev–Trinajstić information content (AvgIpc) is 3.09. The summed E-state index contributed by atoms with van der Waals surface area (Å²) in [5, 5.41) is 18.4. The van der Waals surface area contributed by atoms with Gasteiger partial charge in [0, 0.05) is 5.56 Å². The van der Waals surface area contributed by atoms with Crippen LogP contribution in [0, 0.1) is 0 Å². The van der Waals surface area contributed by atoms with Gasteiger partial charge in [-0.1, -0.05) is 30.9 Å². The van der Waals surface area contributed by atoms with Crippen LogP contribution in [0.4, 0.5) is 0 Å². The zero-order chi connectivity index (χ0) is 19.4. The van der Waals surface area contributed by atoms with Crippen molar-refractivity contribution in [3.8, 4) is 11.1 Å². The first-order chi connectivity index (χ1) is 13.0. The monoisotopic (exact) mass is 363 g/mol. The standard InChI is InChI=1S/C21H18N2O4/c1-2-9-22-10-11-23(14-22)13-18-12-17(21(26)27)7-8-19(18)15-3-5-16(6-4-15)20(24)25/h2-8,10-12,14H,1,9,13H2,(H-,24,25,26,27)/p+1. The molecular formula is C21H19N2O4+. The summed E-state index contributed by atoms with van der Waals surface area (Å²) >= 11 is 0. The quantitative estimate of drug-likeness (QED) is 0.499. The number of benzene rings is 2. The van der Waals surface area contributed by atoms with Crippen molar-refractivity contribution in [3.63, 3.8) is 0 Å². The first-order valence-corrected chi connectivity index (χ1v) is 8.33. The third kappa shape index (κ3) is 4.12. The van der Waals surface area contributed by atoms with Crippen LogP contribution in [0.2, 0.25) is 0 Å². The van der Waals surface area contributed by atoms with Gasteiger partial charge in [0.05, 0.1) is 11.1 Å². The topological polar surface area (TPSA) is 83.4 Å². The molecule has 0 radical (unpaired) electrons. The number of hydrogen-bond acceptors (Lipinski definition) is 2. The van der Waals surface area contributed by atoms with Gasteiger partial charge in [-0.15, -0.1) is 0 Å². The molecule has 0 saturated heterocycles. The maximum atomic E-state index is 11.4. The molecule has 0 atom stereocenters. The number of aromatic nitrogens is 2. The minimum absolute atomic E-state index is 0.207. The zero-order valence-corrected chi connectivity index (χ0v) is 14.6. The van der Waals surface area contributed by atoms with Crippen LogP contribution in [-0.2, 0) is 13.1 Å². The Balaban J connectivity index is 2.00. The number of rotatable bonds is 7. The lowest BCUT2D eigenvalue weighted by molar-refractivity contribution is -0.687. The van der Waals surface area contributed by atoms with Crippen LogP contribution in [0.3, 0.4) is 0 Å². The Hall–Kier alpha value is -3.67. The minimum Gasteiger partial charge on any atom is -0.478 e. The van der Waals surface area contributed by atoms with Gasteiger partial charge in [-0.2, -0.15) is 0 Å². The van der Waals surface area contributed by atoms with Crippen LogP contribution in [0.15, 0.2) is 73.8 Å². The van der Waals surface area contributed by atoms with E-state index in [2.05, 4.69) is 6.58 Å². The van der Waals surface area contributed by atoms with E-state index in [0.29, 0.717) is 13.1 Å². The number of imidazole rings is 1. The van der Waals surface area contributed by atoms with Gasteiger partial charge in [0.1, 0.15) is 25.5 Å². The lowest BCUT2D eigenvalue weighted by Crippen LogP contribution is -2.32. The minimum atomic E-state index is -0.988. The van der Waals surface area contributed by atoms with Crippen LogP contribution in [0.25, 0.3) is 11.1 Å². The van der Waals surface area contributed by atoms with Gasteiger partial charge < -0.3 is 10.2 Å². The molecule has 0 bridgehead atoms. The van der Waals surface area contributed by atoms with Gasteiger partial charge in [-0.25, -0.2) is 18.7 Å². The Labute approximate surface area is 156 Å². The Morgan fingerprint density at radius 3 is 2.33 bits per heavy atom. The summed E-state index contributed by atoms with van der Waals surface area (Å²) in [5.74, 6) is -1.97. The molecule has 0 unspecified atom stereocenters. The SMILES string of the molecule is C=CCn1cc[n+](Cc2cc(C(=O)O)ccc2-c2ccc(C(=O)O)cc2)c1.